The molecule has 110 valence electrons. The molecule has 0 heterocycles. The van der Waals surface area contributed by atoms with Crippen LogP contribution in [0.5, 0.6) is 0 Å². The fraction of sp³-hybridized carbons (Fsp3) is 0.529. The third-order valence-corrected chi connectivity index (χ3v) is 11.1. The quantitative estimate of drug-likeness (QED) is 0.741. The van der Waals surface area contributed by atoms with Crippen LogP contribution in [0, 0.1) is 0 Å². The first-order valence-electron chi connectivity index (χ1n) is 7.39. The summed E-state index contributed by atoms with van der Waals surface area (Å²) in [6.07, 6.45) is 5.16. The van der Waals surface area contributed by atoms with Crippen molar-refractivity contribution in [3.05, 3.63) is 40.9 Å². The van der Waals surface area contributed by atoms with E-state index >= 15 is 0 Å². The first-order valence-corrected chi connectivity index (χ1v) is 12.0. The Morgan fingerprint density at radius 2 is 1.80 bits per heavy atom. The number of rotatable bonds is 4. The molecular weight excluding hydrogens is 327 g/mol. The maximum atomic E-state index is 6.50. The average molecular weight is 353 g/mol. The molecule has 1 unspecified atom stereocenters. The average Bonchev–Trinajstić information content (AvgIpc) is 2.75. The van der Waals surface area contributed by atoms with Crippen LogP contribution in [0.15, 0.2) is 40.9 Å². The van der Waals surface area contributed by atoms with E-state index in [2.05, 4.69) is 70.3 Å². The van der Waals surface area contributed by atoms with Gasteiger partial charge < -0.3 is 0 Å². The molecule has 0 saturated carbocycles. The predicted octanol–water partition coefficient (Wildman–Crippen LogP) is 4.08. The van der Waals surface area contributed by atoms with Gasteiger partial charge in [-0.2, -0.15) is 0 Å². The van der Waals surface area contributed by atoms with Gasteiger partial charge in [0.15, 0.2) is 0 Å². The summed E-state index contributed by atoms with van der Waals surface area (Å²) in [6, 6.07) is 10.8. The summed E-state index contributed by atoms with van der Waals surface area (Å²) in [4.78, 5) is 0. The van der Waals surface area contributed by atoms with Gasteiger partial charge in [0.25, 0.3) is 0 Å². The molecule has 20 heavy (non-hydrogen) atoms. The van der Waals surface area contributed by atoms with Crippen molar-refractivity contribution in [2.24, 2.45) is 0 Å². The van der Waals surface area contributed by atoms with Crippen LogP contribution in [0.25, 0.3) is 0 Å². The Labute approximate surface area is 131 Å². The Hall–Kier alpha value is -0.344. The van der Waals surface area contributed by atoms with Crippen LogP contribution in [0.1, 0.15) is 33.6 Å². The summed E-state index contributed by atoms with van der Waals surface area (Å²) >= 11 is 0.479. The molecule has 0 N–H and O–H groups in total. The molecule has 1 aromatic rings. The molecule has 1 aromatic carbocycles. The number of hydrogen-bond acceptors (Lipinski definition) is 1. The number of allylic oxidation sites excluding steroid dienone is 1. The van der Waals surface area contributed by atoms with Crippen molar-refractivity contribution in [1.82, 2.24) is 0 Å². The summed E-state index contributed by atoms with van der Waals surface area (Å²) in [6.45, 7) is 11.6. The van der Waals surface area contributed by atoms with Crippen molar-refractivity contribution < 1.29 is 4.43 Å². The van der Waals surface area contributed by atoms with Crippen molar-refractivity contribution in [3.8, 4) is 0 Å². The van der Waals surface area contributed by atoms with Gasteiger partial charge in [0.1, 0.15) is 0 Å². The van der Waals surface area contributed by atoms with Gasteiger partial charge in [-0.05, 0) is 0 Å². The van der Waals surface area contributed by atoms with E-state index in [1.165, 1.54) is 17.3 Å². The molecule has 1 aliphatic carbocycles. The molecule has 0 saturated heterocycles. The molecule has 1 atom stereocenters. The minimum absolute atomic E-state index is 0.300. The topological polar surface area (TPSA) is 9.23 Å². The monoisotopic (exact) mass is 354 g/mol. The van der Waals surface area contributed by atoms with Crippen molar-refractivity contribution in [1.29, 1.82) is 0 Å². The first kappa shape index (κ1) is 16.0. The van der Waals surface area contributed by atoms with Gasteiger partial charge in [0.05, 0.1) is 0 Å². The van der Waals surface area contributed by atoms with E-state index in [0.717, 1.165) is 0 Å². The zero-order valence-electron chi connectivity index (χ0n) is 13.3. The number of hydrogen-bond donors (Lipinski definition) is 0. The zero-order valence-corrected chi connectivity index (χ0v) is 16.0. The Bertz CT molecular complexity index is 474. The van der Waals surface area contributed by atoms with Gasteiger partial charge in [0, 0.05) is 0 Å². The van der Waals surface area contributed by atoms with Crippen LogP contribution in [-0.4, -0.2) is 29.4 Å². The predicted molar refractivity (Wildman–Crippen MR) is 91.2 cm³/mol. The summed E-state index contributed by atoms with van der Waals surface area (Å²) in [5.41, 5.74) is 0. The van der Waals surface area contributed by atoms with Crippen LogP contribution < -0.4 is 4.46 Å². The van der Waals surface area contributed by atoms with Crippen molar-refractivity contribution in [3.63, 3.8) is 0 Å². The maximum absolute atomic E-state index is 6.50. The first-order chi connectivity index (χ1) is 9.28. The summed E-state index contributed by atoms with van der Waals surface area (Å²) in [7, 11) is -1.63. The molecule has 0 aliphatic heterocycles. The fourth-order valence-electron chi connectivity index (χ4n) is 2.03. The molecule has 1 nitrogen and oxygen atoms in total. The van der Waals surface area contributed by atoms with E-state index in [-0.39, 0.29) is 0 Å². The second-order valence-electron chi connectivity index (χ2n) is 7.00. The van der Waals surface area contributed by atoms with Crippen molar-refractivity contribution >= 4 is 27.7 Å². The summed E-state index contributed by atoms with van der Waals surface area (Å²) in [5.74, 6) is 0. The fourth-order valence-corrected chi connectivity index (χ4v) is 5.50. The minimum atomic E-state index is -1.63. The molecule has 0 fully saturated rings. The van der Waals surface area contributed by atoms with Gasteiger partial charge in [-0.1, -0.05) is 0 Å². The Morgan fingerprint density at radius 3 is 2.40 bits per heavy atom. The molecule has 3 heteroatoms. The van der Waals surface area contributed by atoms with Crippen LogP contribution in [-0.2, 0) is 4.43 Å². The van der Waals surface area contributed by atoms with E-state index in [1.54, 1.807) is 4.47 Å². The van der Waals surface area contributed by atoms with Crippen LogP contribution in [0.3, 0.4) is 0 Å². The second kappa shape index (κ2) is 6.19. The Balaban J connectivity index is 1.97. The van der Waals surface area contributed by atoms with E-state index in [1.807, 2.05) is 0 Å². The van der Waals surface area contributed by atoms with Crippen LogP contribution in [0.2, 0.25) is 18.1 Å². The van der Waals surface area contributed by atoms with Gasteiger partial charge in [0.2, 0.25) is 0 Å². The van der Waals surface area contributed by atoms with E-state index in [4.69, 9.17) is 4.43 Å². The molecule has 0 radical (unpaired) electrons. The number of benzene rings is 1. The molecule has 0 spiro atoms. The van der Waals surface area contributed by atoms with E-state index in [0.29, 0.717) is 26.1 Å². The Kier molecular flexibility index (Phi) is 4.96. The summed E-state index contributed by atoms with van der Waals surface area (Å²) in [5, 5.41) is 0.300. The van der Waals surface area contributed by atoms with Crippen LogP contribution >= 0.6 is 0 Å². The van der Waals surface area contributed by atoms with Gasteiger partial charge in [-0.25, -0.2) is 0 Å². The molecule has 1 aliphatic rings. The van der Waals surface area contributed by atoms with E-state index < -0.39 is 8.32 Å². The van der Waals surface area contributed by atoms with Gasteiger partial charge >= 0.3 is 131 Å². The molecule has 0 bridgehead atoms. The van der Waals surface area contributed by atoms with Gasteiger partial charge in [-0.3, -0.25) is 0 Å². The Morgan fingerprint density at radius 1 is 1.15 bits per heavy atom. The van der Waals surface area contributed by atoms with Crippen molar-refractivity contribution in [2.45, 2.75) is 57.8 Å². The molecule has 0 amide bonds. The zero-order chi connectivity index (χ0) is 14.8. The van der Waals surface area contributed by atoms with E-state index in [9.17, 15) is 0 Å². The van der Waals surface area contributed by atoms with Crippen LogP contribution in [0.4, 0.5) is 0 Å². The molecule has 0 aromatic heterocycles. The normalized spacial score (nSPS) is 20.1. The standard InChI is InChI=1S/C17H26OSeSi/c1-17(2,3)20(4,5)18-14-11-12-16(13-14)19-15-9-7-6-8-10-15/h6-10,13-14H,11-12H2,1-5H3. The third kappa shape index (κ3) is 4.08. The third-order valence-electron chi connectivity index (χ3n) is 4.29. The molecular formula is C17H26OSeSi. The summed E-state index contributed by atoms with van der Waals surface area (Å²) < 4.78 is 9.58. The SMILES string of the molecule is CC(C)(C)[Si](C)(C)OC1C=C([Se]c2ccccc2)CC1. The van der Waals surface area contributed by atoms with Gasteiger partial charge in [-0.15, -0.1) is 0 Å². The van der Waals surface area contributed by atoms with Crippen molar-refractivity contribution in [2.75, 3.05) is 0 Å². The second-order valence-corrected chi connectivity index (χ2v) is 14.3. The molecule has 2 rings (SSSR count).